The third kappa shape index (κ3) is 8.94. The summed E-state index contributed by atoms with van der Waals surface area (Å²) in [5.74, 6) is 0. The highest BCUT2D eigenvalue weighted by molar-refractivity contribution is 4.72. The van der Waals surface area contributed by atoms with Crippen LogP contribution in [0.5, 0.6) is 0 Å². The van der Waals surface area contributed by atoms with Gasteiger partial charge in [-0.05, 0) is 27.8 Å². The lowest BCUT2D eigenvalue weighted by molar-refractivity contribution is -0.323. The monoisotopic (exact) mass is 242 g/mol. The Hall–Kier alpha value is -0.330. The SMILES string of the molecule is CN(CCNCCOC(F)(F)F)C(C)(C)C. The van der Waals surface area contributed by atoms with Crippen LogP contribution in [0.15, 0.2) is 0 Å². The molecule has 0 amide bonds. The predicted molar refractivity (Wildman–Crippen MR) is 57.3 cm³/mol. The minimum absolute atomic E-state index is 0.0736. The maximum absolute atomic E-state index is 11.6. The van der Waals surface area contributed by atoms with Crippen molar-refractivity contribution in [1.82, 2.24) is 10.2 Å². The molecule has 0 aliphatic rings. The largest absolute Gasteiger partial charge is 0.522 e. The van der Waals surface area contributed by atoms with Crippen LogP contribution in [-0.4, -0.2) is 50.1 Å². The lowest BCUT2D eigenvalue weighted by atomic mass is 10.1. The number of ether oxygens (including phenoxy) is 1. The molecule has 0 unspecified atom stereocenters. The first-order chi connectivity index (χ1) is 7.13. The Morgan fingerprint density at radius 2 is 1.69 bits per heavy atom. The number of nitrogens with one attached hydrogen (secondary N) is 1. The summed E-state index contributed by atoms with van der Waals surface area (Å²) in [6, 6.07) is 0. The molecule has 0 spiro atoms. The minimum atomic E-state index is -4.52. The zero-order valence-corrected chi connectivity index (χ0v) is 10.3. The molecule has 0 aliphatic heterocycles. The van der Waals surface area contributed by atoms with Crippen molar-refractivity contribution in [3.8, 4) is 0 Å². The van der Waals surface area contributed by atoms with Crippen molar-refractivity contribution in [3.05, 3.63) is 0 Å². The first-order valence-corrected chi connectivity index (χ1v) is 5.25. The standard InChI is InChI=1S/C10H21F3N2O/c1-9(2,3)15(4)7-5-14-6-8-16-10(11,12)13/h14H,5-8H2,1-4H3. The minimum Gasteiger partial charge on any atom is -0.313 e. The summed E-state index contributed by atoms with van der Waals surface area (Å²) in [5, 5.41) is 2.89. The Morgan fingerprint density at radius 3 is 2.12 bits per heavy atom. The fourth-order valence-corrected chi connectivity index (χ4v) is 0.946. The van der Waals surface area contributed by atoms with Gasteiger partial charge in [-0.25, -0.2) is 0 Å². The van der Waals surface area contributed by atoms with E-state index in [2.05, 4.69) is 35.7 Å². The molecule has 0 saturated heterocycles. The van der Waals surface area contributed by atoms with E-state index in [9.17, 15) is 13.2 Å². The van der Waals surface area contributed by atoms with Crippen LogP contribution >= 0.6 is 0 Å². The van der Waals surface area contributed by atoms with Gasteiger partial charge in [-0.3, -0.25) is 4.74 Å². The second-order valence-corrected chi connectivity index (χ2v) is 4.64. The normalized spacial score (nSPS) is 13.5. The van der Waals surface area contributed by atoms with Crippen LogP contribution in [-0.2, 0) is 4.74 Å². The van der Waals surface area contributed by atoms with E-state index in [0.29, 0.717) is 6.54 Å². The lowest BCUT2D eigenvalue weighted by Gasteiger charge is -2.31. The number of alkyl halides is 3. The molecule has 0 saturated carbocycles. The van der Waals surface area contributed by atoms with Crippen molar-refractivity contribution in [1.29, 1.82) is 0 Å². The van der Waals surface area contributed by atoms with Crippen LogP contribution in [0, 0.1) is 0 Å². The summed E-state index contributed by atoms with van der Waals surface area (Å²) >= 11 is 0. The van der Waals surface area contributed by atoms with E-state index < -0.39 is 6.36 Å². The highest BCUT2D eigenvalue weighted by Gasteiger charge is 2.28. The molecule has 3 nitrogen and oxygen atoms in total. The molecule has 0 bridgehead atoms. The predicted octanol–water partition coefficient (Wildman–Crippen LogP) is 1.84. The van der Waals surface area contributed by atoms with Gasteiger partial charge in [0, 0.05) is 25.2 Å². The van der Waals surface area contributed by atoms with Crippen molar-refractivity contribution >= 4 is 0 Å². The van der Waals surface area contributed by atoms with Crippen LogP contribution < -0.4 is 5.32 Å². The third-order valence-electron chi connectivity index (χ3n) is 2.31. The molecule has 0 radical (unpaired) electrons. The molecular weight excluding hydrogens is 221 g/mol. The highest BCUT2D eigenvalue weighted by Crippen LogP contribution is 2.15. The van der Waals surface area contributed by atoms with E-state index in [4.69, 9.17) is 0 Å². The Kier molecular flexibility index (Phi) is 6.28. The van der Waals surface area contributed by atoms with Crippen molar-refractivity contribution in [3.63, 3.8) is 0 Å². The van der Waals surface area contributed by atoms with Crippen molar-refractivity contribution in [2.75, 3.05) is 33.3 Å². The second-order valence-electron chi connectivity index (χ2n) is 4.64. The van der Waals surface area contributed by atoms with Gasteiger partial charge in [-0.2, -0.15) is 0 Å². The van der Waals surface area contributed by atoms with Crippen LogP contribution in [0.3, 0.4) is 0 Å². The molecule has 0 heterocycles. The Balaban J connectivity index is 3.41. The van der Waals surface area contributed by atoms with Gasteiger partial charge in [0.2, 0.25) is 0 Å². The molecular formula is C10H21F3N2O. The molecule has 0 aromatic carbocycles. The van der Waals surface area contributed by atoms with Gasteiger partial charge in [-0.1, -0.05) is 0 Å². The molecule has 0 aromatic rings. The summed E-state index contributed by atoms with van der Waals surface area (Å²) in [7, 11) is 1.98. The topological polar surface area (TPSA) is 24.5 Å². The molecule has 0 aliphatic carbocycles. The van der Waals surface area contributed by atoms with Crippen LogP contribution in [0.4, 0.5) is 13.2 Å². The molecule has 98 valence electrons. The number of hydrogen-bond acceptors (Lipinski definition) is 3. The Morgan fingerprint density at radius 1 is 1.12 bits per heavy atom. The van der Waals surface area contributed by atoms with Gasteiger partial charge in [0.05, 0.1) is 6.61 Å². The Bertz CT molecular complexity index is 189. The van der Waals surface area contributed by atoms with Crippen LogP contribution in [0.1, 0.15) is 20.8 Å². The fraction of sp³-hybridized carbons (Fsp3) is 1.00. The lowest BCUT2D eigenvalue weighted by Crippen LogP contribution is -2.42. The van der Waals surface area contributed by atoms with Crippen molar-refractivity contribution in [2.24, 2.45) is 0 Å². The average molecular weight is 242 g/mol. The van der Waals surface area contributed by atoms with E-state index >= 15 is 0 Å². The van der Waals surface area contributed by atoms with Gasteiger partial charge in [-0.15, -0.1) is 13.2 Å². The van der Waals surface area contributed by atoms with Gasteiger partial charge < -0.3 is 10.2 Å². The highest BCUT2D eigenvalue weighted by atomic mass is 19.4. The van der Waals surface area contributed by atoms with Gasteiger partial charge >= 0.3 is 6.36 Å². The smallest absolute Gasteiger partial charge is 0.313 e. The van der Waals surface area contributed by atoms with Crippen molar-refractivity contribution < 1.29 is 17.9 Å². The number of hydrogen-bond donors (Lipinski definition) is 1. The maximum atomic E-state index is 11.6. The summed E-state index contributed by atoms with van der Waals surface area (Å²) in [6.07, 6.45) is -4.52. The zero-order chi connectivity index (χ0) is 12.8. The molecule has 0 aromatic heterocycles. The number of halogens is 3. The van der Waals surface area contributed by atoms with Gasteiger partial charge in [0.1, 0.15) is 0 Å². The van der Waals surface area contributed by atoms with Crippen LogP contribution in [0.25, 0.3) is 0 Å². The summed E-state index contributed by atoms with van der Waals surface area (Å²) in [5.41, 5.74) is 0.0736. The Labute approximate surface area is 94.9 Å². The van der Waals surface area contributed by atoms with Crippen molar-refractivity contribution in [2.45, 2.75) is 32.7 Å². The first kappa shape index (κ1) is 15.7. The molecule has 0 fully saturated rings. The van der Waals surface area contributed by atoms with Gasteiger partial charge in [0.15, 0.2) is 0 Å². The van der Waals surface area contributed by atoms with E-state index in [-0.39, 0.29) is 18.7 Å². The third-order valence-corrected chi connectivity index (χ3v) is 2.31. The first-order valence-electron chi connectivity index (χ1n) is 5.25. The molecule has 0 rings (SSSR count). The van der Waals surface area contributed by atoms with E-state index in [1.165, 1.54) is 0 Å². The molecule has 16 heavy (non-hydrogen) atoms. The summed E-state index contributed by atoms with van der Waals surface area (Å²) in [4.78, 5) is 2.13. The number of nitrogens with zero attached hydrogens (tertiary/aromatic N) is 1. The fourth-order valence-electron chi connectivity index (χ4n) is 0.946. The maximum Gasteiger partial charge on any atom is 0.522 e. The summed E-state index contributed by atoms with van der Waals surface area (Å²) < 4.78 is 38.4. The quantitative estimate of drug-likeness (QED) is 0.719. The average Bonchev–Trinajstić information content (AvgIpc) is 2.07. The molecule has 0 atom stereocenters. The zero-order valence-electron chi connectivity index (χ0n) is 10.3. The van der Waals surface area contributed by atoms with Gasteiger partial charge in [0.25, 0.3) is 0 Å². The number of likely N-dealkylation sites (N-methyl/N-ethyl adjacent to an activating group) is 1. The van der Waals surface area contributed by atoms with E-state index in [1.54, 1.807) is 0 Å². The van der Waals surface area contributed by atoms with E-state index in [0.717, 1.165) is 6.54 Å². The van der Waals surface area contributed by atoms with Crippen LogP contribution in [0.2, 0.25) is 0 Å². The second kappa shape index (κ2) is 6.42. The van der Waals surface area contributed by atoms with E-state index in [1.807, 2.05) is 7.05 Å². The molecule has 1 N–H and O–H groups in total. The molecule has 6 heteroatoms. The number of rotatable bonds is 6. The summed E-state index contributed by atoms with van der Waals surface area (Å²) in [6.45, 7) is 7.55.